The number of nitrogens with zero attached hydrogens (tertiary/aromatic N) is 2. The first-order valence-electron chi connectivity index (χ1n) is 15.4. The maximum atomic E-state index is 13.6. The van der Waals surface area contributed by atoms with Gasteiger partial charge in [0.25, 0.3) is 0 Å². The standard InChI is InChI=1S/C35H37Cl2N3O7S/c1-39-15-7-10-24(39)21-46-35(42)33(22-8-5-4-6-9-22)38-18-25-12-14-32(48-25)34(41)47-30(17-26-27(36)19-40(43)20-28(26)37)23-11-13-29(44-2)31(16-23)45-3/h4-6,8-9,11-14,16,19-20,24,30,33,38H,7,10,15,17-18,21H2,1-3H3/t24-,30-,33?/m0/s1. The first-order valence-corrected chi connectivity index (χ1v) is 17.0. The summed E-state index contributed by atoms with van der Waals surface area (Å²) >= 11 is 14.0. The van der Waals surface area contributed by atoms with Crippen molar-refractivity contribution in [3.8, 4) is 11.5 Å². The van der Waals surface area contributed by atoms with Crippen molar-refractivity contribution in [1.82, 2.24) is 10.2 Å². The molecule has 0 bridgehead atoms. The van der Waals surface area contributed by atoms with Crippen molar-refractivity contribution in [3.63, 3.8) is 0 Å². The summed E-state index contributed by atoms with van der Waals surface area (Å²) < 4.78 is 23.2. The summed E-state index contributed by atoms with van der Waals surface area (Å²) in [4.78, 5) is 30.2. The van der Waals surface area contributed by atoms with Crippen LogP contribution in [0, 0.1) is 5.21 Å². The molecule has 1 aliphatic heterocycles. The number of carbonyl (C=O) groups excluding carboxylic acids is 2. The molecular formula is C35H37Cl2N3O7S. The van der Waals surface area contributed by atoms with E-state index in [1.165, 1.54) is 38.0 Å². The minimum Gasteiger partial charge on any atom is -0.619 e. The lowest BCUT2D eigenvalue weighted by Gasteiger charge is -2.22. The molecule has 0 saturated carbocycles. The second-order valence-corrected chi connectivity index (χ2v) is 13.4. The second kappa shape index (κ2) is 16.5. The maximum Gasteiger partial charge on any atom is 0.348 e. The number of likely N-dealkylation sites (tertiary alicyclic amines) is 1. The largest absolute Gasteiger partial charge is 0.619 e. The number of hydrogen-bond donors (Lipinski definition) is 1. The van der Waals surface area contributed by atoms with Gasteiger partial charge in [0.15, 0.2) is 23.9 Å². The molecule has 0 spiro atoms. The van der Waals surface area contributed by atoms with Gasteiger partial charge in [0.2, 0.25) is 0 Å². The van der Waals surface area contributed by atoms with Crippen molar-refractivity contribution in [2.45, 2.75) is 44.0 Å². The highest BCUT2D eigenvalue weighted by Gasteiger charge is 2.28. The molecule has 1 fully saturated rings. The summed E-state index contributed by atoms with van der Waals surface area (Å²) in [5.74, 6) is 0.0439. The van der Waals surface area contributed by atoms with Crippen LogP contribution in [0.5, 0.6) is 11.5 Å². The number of pyridine rings is 1. The number of likely N-dealkylation sites (N-methyl/N-ethyl adjacent to an activating group) is 1. The van der Waals surface area contributed by atoms with E-state index in [1.807, 2.05) is 43.4 Å². The molecule has 5 rings (SSSR count). The first-order chi connectivity index (χ1) is 23.2. The molecule has 3 heterocycles. The van der Waals surface area contributed by atoms with Crippen LogP contribution in [-0.2, 0) is 27.2 Å². The number of ether oxygens (including phenoxy) is 4. The zero-order chi connectivity index (χ0) is 34.2. The van der Waals surface area contributed by atoms with E-state index in [4.69, 9.17) is 42.1 Å². The lowest BCUT2D eigenvalue weighted by atomic mass is 10.0. The number of carbonyl (C=O) groups is 2. The molecule has 0 radical (unpaired) electrons. The number of rotatable bonds is 14. The van der Waals surface area contributed by atoms with Crippen LogP contribution in [0.4, 0.5) is 0 Å². The molecule has 0 aliphatic carbocycles. The summed E-state index contributed by atoms with van der Waals surface area (Å²) in [5.41, 5.74) is 1.85. The van der Waals surface area contributed by atoms with Crippen LogP contribution < -0.4 is 19.5 Å². The lowest BCUT2D eigenvalue weighted by Crippen LogP contribution is -2.34. The summed E-state index contributed by atoms with van der Waals surface area (Å²) in [5, 5.41) is 15.5. The zero-order valence-corrected chi connectivity index (χ0v) is 29.1. The Bertz CT molecular complexity index is 1700. The van der Waals surface area contributed by atoms with Crippen LogP contribution in [0.15, 0.2) is 73.1 Å². The molecule has 1 saturated heterocycles. The number of methoxy groups -OCH3 is 2. The van der Waals surface area contributed by atoms with E-state index in [0.717, 1.165) is 29.8 Å². The van der Waals surface area contributed by atoms with Crippen LogP contribution in [0.2, 0.25) is 10.0 Å². The van der Waals surface area contributed by atoms with Crippen molar-refractivity contribution < 1.29 is 33.3 Å². The molecule has 1 N–H and O–H groups in total. The topological polar surface area (TPSA) is 113 Å². The van der Waals surface area contributed by atoms with Gasteiger partial charge in [-0.3, -0.25) is 5.32 Å². The summed E-state index contributed by atoms with van der Waals surface area (Å²) in [7, 11) is 5.08. The van der Waals surface area contributed by atoms with Crippen LogP contribution in [-0.4, -0.2) is 57.3 Å². The lowest BCUT2D eigenvalue weighted by molar-refractivity contribution is -0.605. The smallest absolute Gasteiger partial charge is 0.348 e. The number of aromatic nitrogens is 1. The molecule has 10 nitrogen and oxygen atoms in total. The van der Waals surface area contributed by atoms with E-state index in [9.17, 15) is 14.8 Å². The third kappa shape index (κ3) is 8.77. The minimum atomic E-state index is -0.838. The Morgan fingerprint density at radius 3 is 2.42 bits per heavy atom. The highest BCUT2D eigenvalue weighted by atomic mass is 35.5. The third-order valence-corrected chi connectivity index (χ3v) is 9.99. The van der Waals surface area contributed by atoms with Gasteiger partial charge in [-0.2, -0.15) is 4.73 Å². The SMILES string of the molecule is COc1ccc([C@H](Cc2c(Cl)c[n+]([O-])cc2Cl)OC(=O)c2ccc(CNC(C(=O)OC[C@@H]3CCCN3C)c3ccccc3)s2)cc1OC. The molecule has 48 heavy (non-hydrogen) atoms. The monoisotopic (exact) mass is 713 g/mol. The molecule has 4 aromatic rings. The van der Waals surface area contributed by atoms with Gasteiger partial charge in [0, 0.05) is 29.4 Å². The van der Waals surface area contributed by atoms with Crippen molar-refractivity contribution in [1.29, 1.82) is 0 Å². The zero-order valence-electron chi connectivity index (χ0n) is 26.8. The number of hydrogen-bond acceptors (Lipinski definition) is 10. The summed E-state index contributed by atoms with van der Waals surface area (Å²) in [6.07, 6.45) is 3.74. The van der Waals surface area contributed by atoms with Gasteiger partial charge in [-0.05, 0) is 61.8 Å². The number of benzene rings is 2. The molecule has 3 atom stereocenters. The fourth-order valence-electron chi connectivity index (χ4n) is 5.60. The van der Waals surface area contributed by atoms with Gasteiger partial charge < -0.3 is 29.1 Å². The third-order valence-electron chi connectivity index (χ3n) is 8.28. The fraction of sp³-hybridized carbons (Fsp3) is 0.343. The van der Waals surface area contributed by atoms with Crippen molar-refractivity contribution in [2.24, 2.45) is 0 Å². The number of esters is 2. The van der Waals surface area contributed by atoms with Gasteiger partial charge in [-0.1, -0.05) is 59.6 Å². The molecule has 1 unspecified atom stereocenters. The number of halogens is 2. The highest BCUT2D eigenvalue weighted by molar-refractivity contribution is 7.13. The second-order valence-electron chi connectivity index (χ2n) is 11.4. The van der Waals surface area contributed by atoms with Crippen molar-refractivity contribution >= 4 is 46.5 Å². The van der Waals surface area contributed by atoms with E-state index >= 15 is 0 Å². The number of nitrogens with one attached hydrogen (secondary N) is 1. The van der Waals surface area contributed by atoms with E-state index in [0.29, 0.717) is 45.4 Å². The Morgan fingerprint density at radius 1 is 1.02 bits per heavy atom. The Hall–Kier alpha value is -3.87. The quantitative estimate of drug-likeness (QED) is 0.0912. The van der Waals surface area contributed by atoms with Crippen LogP contribution >= 0.6 is 34.5 Å². The Kier molecular flexibility index (Phi) is 12.2. The summed E-state index contributed by atoms with van der Waals surface area (Å²) in [6, 6.07) is 17.6. The first kappa shape index (κ1) is 35.4. The Morgan fingerprint density at radius 2 is 1.75 bits per heavy atom. The predicted molar refractivity (Wildman–Crippen MR) is 184 cm³/mol. The van der Waals surface area contributed by atoms with Crippen molar-refractivity contribution in [2.75, 3.05) is 34.4 Å². The van der Waals surface area contributed by atoms with Crippen LogP contribution in [0.1, 0.15) is 56.2 Å². The van der Waals surface area contributed by atoms with E-state index < -0.39 is 18.1 Å². The van der Waals surface area contributed by atoms with Gasteiger partial charge in [-0.15, -0.1) is 11.3 Å². The molecule has 2 aromatic carbocycles. The average molecular weight is 715 g/mol. The van der Waals surface area contributed by atoms with Gasteiger partial charge >= 0.3 is 11.9 Å². The molecular weight excluding hydrogens is 677 g/mol. The molecule has 2 aromatic heterocycles. The molecule has 13 heteroatoms. The highest BCUT2D eigenvalue weighted by Crippen LogP contribution is 2.36. The van der Waals surface area contributed by atoms with E-state index in [-0.39, 0.29) is 28.5 Å². The van der Waals surface area contributed by atoms with Gasteiger partial charge in [0.1, 0.15) is 33.7 Å². The van der Waals surface area contributed by atoms with E-state index in [1.54, 1.807) is 24.3 Å². The Labute approximate surface area is 293 Å². The predicted octanol–water partition coefficient (Wildman–Crippen LogP) is 6.31. The fourth-order valence-corrected chi connectivity index (χ4v) is 7.04. The minimum absolute atomic E-state index is 0.0943. The van der Waals surface area contributed by atoms with Crippen LogP contribution in [0.25, 0.3) is 0 Å². The normalized spacial score (nSPS) is 15.9. The maximum absolute atomic E-state index is 13.6. The van der Waals surface area contributed by atoms with E-state index in [2.05, 4.69) is 10.2 Å². The summed E-state index contributed by atoms with van der Waals surface area (Å²) in [6.45, 7) is 1.66. The molecule has 0 amide bonds. The molecule has 1 aliphatic rings. The Balaban J connectivity index is 1.31. The van der Waals surface area contributed by atoms with Crippen LogP contribution in [0.3, 0.4) is 0 Å². The average Bonchev–Trinajstić information content (AvgIpc) is 3.73. The van der Waals surface area contributed by atoms with Gasteiger partial charge in [-0.25, -0.2) is 9.59 Å². The number of thiophene rings is 1. The van der Waals surface area contributed by atoms with Gasteiger partial charge in [0.05, 0.1) is 14.2 Å². The molecule has 254 valence electrons. The van der Waals surface area contributed by atoms with Crippen molar-refractivity contribution in [3.05, 3.63) is 115 Å².